The number of pyridine rings is 1. The molecule has 92 valence electrons. The third-order valence-corrected chi connectivity index (χ3v) is 2.70. The number of phenols is 1. The third-order valence-electron chi connectivity index (χ3n) is 2.70. The number of nitrogens with zero attached hydrogens (tertiary/aromatic N) is 2. The molecule has 1 amide bonds. The normalized spacial score (nSPS) is 10.1. The van der Waals surface area contributed by atoms with Crippen LogP contribution in [0.1, 0.15) is 5.56 Å². The lowest BCUT2D eigenvalue weighted by molar-refractivity contribution is -0.117. The van der Waals surface area contributed by atoms with Gasteiger partial charge in [0.05, 0.1) is 6.42 Å². The van der Waals surface area contributed by atoms with Gasteiger partial charge in [0.2, 0.25) is 5.91 Å². The largest absolute Gasteiger partial charge is 0.508 e. The minimum absolute atomic E-state index is 0.0354. The molecule has 0 aliphatic rings. The topological polar surface area (TPSA) is 53.4 Å². The Hall–Kier alpha value is -2.36. The van der Waals surface area contributed by atoms with E-state index in [2.05, 4.69) is 4.98 Å². The lowest BCUT2D eigenvalue weighted by Gasteiger charge is -2.17. The second kappa shape index (κ2) is 5.31. The zero-order chi connectivity index (χ0) is 13.0. The number of aromatic hydroxyl groups is 1. The van der Waals surface area contributed by atoms with Crippen LogP contribution < -0.4 is 4.90 Å². The van der Waals surface area contributed by atoms with E-state index in [0.717, 1.165) is 5.56 Å². The van der Waals surface area contributed by atoms with E-state index >= 15 is 0 Å². The van der Waals surface area contributed by atoms with Crippen molar-refractivity contribution in [2.24, 2.45) is 0 Å². The van der Waals surface area contributed by atoms with Crippen LogP contribution in [0.5, 0.6) is 5.75 Å². The lowest BCUT2D eigenvalue weighted by Crippen LogP contribution is -2.27. The van der Waals surface area contributed by atoms with E-state index in [1.54, 1.807) is 43.7 Å². The summed E-state index contributed by atoms with van der Waals surface area (Å²) in [4.78, 5) is 17.5. The number of anilines is 1. The molecular formula is C14H14N2O2. The molecule has 2 aromatic rings. The Labute approximate surface area is 106 Å². The maximum absolute atomic E-state index is 12.0. The van der Waals surface area contributed by atoms with E-state index in [4.69, 9.17) is 0 Å². The molecule has 0 saturated heterocycles. The summed E-state index contributed by atoms with van der Waals surface area (Å²) in [5, 5.41) is 9.39. The van der Waals surface area contributed by atoms with E-state index in [9.17, 15) is 9.90 Å². The summed E-state index contributed by atoms with van der Waals surface area (Å²) in [6.45, 7) is 0. The predicted molar refractivity (Wildman–Crippen MR) is 69.5 cm³/mol. The SMILES string of the molecule is CN(C(=O)Cc1ccncc1)c1cccc(O)c1. The highest BCUT2D eigenvalue weighted by Gasteiger charge is 2.11. The zero-order valence-corrected chi connectivity index (χ0v) is 10.1. The molecule has 0 aliphatic carbocycles. The number of aromatic nitrogens is 1. The quantitative estimate of drug-likeness (QED) is 0.895. The highest BCUT2D eigenvalue weighted by Crippen LogP contribution is 2.19. The maximum Gasteiger partial charge on any atom is 0.231 e. The van der Waals surface area contributed by atoms with Gasteiger partial charge in [-0.25, -0.2) is 0 Å². The van der Waals surface area contributed by atoms with E-state index in [-0.39, 0.29) is 11.7 Å². The molecule has 1 aromatic heterocycles. The van der Waals surface area contributed by atoms with E-state index < -0.39 is 0 Å². The van der Waals surface area contributed by atoms with Crippen molar-refractivity contribution in [3.63, 3.8) is 0 Å². The molecule has 0 radical (unpaired) electrons. The van der Waals surface area contributed by atoms with Crippen molar-refractivity contribution in [3.8, 4) is 5.75 Å². The fraction of sp³-hybridized carbons (Fsp3) is 0.143. The summed E-state index contributed by atoms with van der Waals surface area (Å²) in [6.07, 6.45) is 3.64. The first-order valence-electron chi connectivity index (χ1n) is 5.61. The fourth-order valence-corrected chi connectivity index (χ4v) is 1.64. The van der Waals surface area contributed by atoms with Gasteiger partial charge in [-0.05, 0) is 29.8 Å². The van der Waals surface area contributed by atoms with Crippen molar-refractivity contribution in [2.75, 3.05) is 11.9 Å². The smallest absolute Gasteiger partial charge is 0.231 e. The molecule has 18 heavy (non-hydrogen) atoms. The average Bonchev–Trinajstić information content (AvgIpc) is 2.39. The highest BCUT2D eigenvalue weighted by atomic mass is 16.3. The summed E-state index contributed by atoms with van der Waals surface area (Å²) in [7, 11) is 1.69. The number of amides is 1. The van der Waals surface area contributed by atoms with Gasteiger partial charge in [-0.3, -0.25) is 9.78 Å². The highest BCUT2D eigenvalue weighted by molar-refractivity contribution is 5.94. The summed E-state index contributed by atoms with van der Waals surface area (Å²) >= 11 is 0. The number of likely N-dealkylation sites (N-methyl/N-ethyl adjacent to an activating group) is 1. The monoisotopic (exact) mass is 242 g/mol. The molecule has 4 heteroatoms. The van der Waals surface area contributed by atoms with Crippen molar-refractivity contribution in [1.29, 1.82) is 0 Å². The van der Waals surface area contributed by atoms with Gasteiger partial charge in [-0.1, -0.05) is 6.07 Å². The number of phenolic OH excluding ortho intramolecular Hbond substituents is 1. The van der Waals surface area contributed by atoms with Crippen LogP contribution in [-0.2, 0) is 11.2 Å². The van der Waals surface area contributed by atoms with E-state index in [1.807, 2.05) is 12.1 Å². The van der Waals surface area contributed by atoms with Gasteiger partial charge in [0.25, 0.3) is 0 Å². The second-order valence-corrected chi connectivity index (χ2v) is 4.00. The molecule has 0 unspecified atom stereocenters. The maximum atomic E-state index is 12.0. The molecule has 2 rings (SSSR count). The Balaban J connectivity index is 2.10. The number of carbonyl (C=O) groups is 1. The Kier molecular flexibility index (Phi) is 3.57. The Bertz CT molecular complexity index is 541. The molecule has 1 aromatic carbocycles. The standard InChI is InChI=1S/C14H14N2O2/c1-16(12-3-2-4-13(17)10-12)14(18)9-11-5-7-15-8-6-11/h2-8,10,17H,9H2,1H3. The number of hydrogen-bond donors (Lipinski definition) is 1. The van der Waals surface area contributed by atoms with Crippen LogP contribution >= 0.6 is 0 Å². The molecule has 1 N–H and O–H groups in total. The van der Waals surface area contributed by atoms with Crippen LogP contribution in [-0.4, -0.2) is 23.0 Å². The molecule has 0 atom stereocenters. The van der Waals surface area contributed by atoms with Crippen LogP contribution in [0.15, 0.2) is 48.8 Å². The first-order chi connectivity index (χ1) is 8.66. The molecule has 1 heterocycles. The summed E-state index contributed by atoms with van der Waals surface area (Å²) < 4.78 is 0. The van der Waals surface area contributed by atoms with Gasteiger partial charge in [0.15, 0.2) is 0 Å². The molecular weight excluding hydrogens is 228 g/mol. The van der Waals surface area contributed by atoms with Crippen molar-refractivity contribution >= 4 is 11.6 Å². The number of rotatable bonds is 3. The van der Waals surface area contributed by atoms with Crippen molar-refractivity contribution < 1.29 is 9.90 Å². The summed E-state index contributed by atoms with van der Waals surface area (Å²) in [5.74, 6) is 0.114. The van der Waals surface area contributed by atoms with Crippen LogP contribution in [0.3, 0.4) is 0 Å². The summed E-state index contributed by atoms with van der Waals surface area (Å²) in [6, 6.07) is 10.3. The van der Waals surface area contributed by atoms with Crippen molar-refractivity contribution in [1.82, 2.24) is 4.98 Å². The lowest BCUT2D eigenvalue weighted by atomic mass is 10.2. The van der Waals surface area contributed by atoms with Gasteiger partial charge in [-0.15, -0.1) is 0 Å². The molecule has 0 fully saturated rings. The number of benzene rings is 1. The molecule has 4 nitrogen and oxygen atoms in total. The third kappa shape index (κ3) is 2.85. The van der Waals surface area contributed by atoms with Crippen molar-refractivity contribution in [2.45, 2.75) is 6.42 Å². The minimum atomic E-state index is -0.0354. The zero-order valence-electron chi connectivity index (χ0n) is 10.1. The average molecular weight is 242 g/mol. The fourth-order valence-electron chi connectivity index (χ4n) is 1.64. The Morgan fingerprint density at radius 3 is 2.67 bits per heavy atom. The van der Waals surface area contributed by atoms with Gasteiger partial charge in [-0.2, -0.15) is 0 Å². The number of hydrogen-bond acceptors (Lipinski definition) is 3. The van der Waals surface area contributed by atoms with Gasteiger partial charge < -0.3 is 10.0 Å². The summed E-state index contributed by atoms with van der Waals surface area (Å²) in [5.41, 5.74) is 1.59. The van der Waals surface area contributed by atoms with E-state index in [0.29, 0.717) is 12.1 Å². The molecule has 0 aliphatic heterocycles. The Morgan fingerprint density at radius 1 is 1.28 bits per heavy atom. The van der Waals surface area contributed by atoms with Crippen LogP contribution in [0.25, 0.3) is 0 Å². The molecule has 0 saturated carbocycles. The number of carbonyl (C=O) groups excluding carboxylic acids is 1. The first kappa shape index (κ1) is 12.1. The van der Waals surface area contributed by atoms with Crippen LogP contribution in [0, 0.1) is 0 Å². The van der Waals surface area contributed by atoms with Gasteiger partial charge in [0.1, 0.15) is 5.75 Å². The van der Waals surface area contributed by atoms with Gasteiger partial charge >= 0.3 is 0 Å². The van der Waals surface area contributed by atoms with Crippen molar-refractivity contribution in [3.05, 3.63) is 54.4 Å². The van der Waals surface area contributed by atoms with E-state index in [1.165, 1.54) is 4.90 Å². The second-order valence-electron chi connectivity index (χ2n) is 4.00. The van der Waals surface area contributed by atoms with Gasteiger partial charge in [0, 0.05) is 31.2 Å². The first-order valence-corrected chi connectivity index (χ1v) is 5.61. The minimum Gasteiger partial charge on any atom is -0.508 e. The van der Waals surface area contributed by atoms with Crippen LogP contribution in [0.2, 0.25) is 0 Å². The Morgan fingerprint density at radius 2 is 2.00 bits per heavy atom. The molecule has 0 bridgehead atoms. The predicted octanol–water partition coefficient (Wildman–Crippen LogP) is 1.99. The van der Waals surface area contributed by atoms with Crippen LogP contribution in [0.4, 0.5) is 5.69 Å². The molecule has 0 spiro atoms.